The minimum absolute atomic E-state index is 0.274. The van der Waals surface area contributed by atoms with Gasteiger partial charge in [0, 0.05) is 23.2 Å². The zero-order valence-corrected chi connectivity index (χ0v) is 13.6. The Hall–Kier alpha value is -1.51. The first-order valence-electron chi connectivity index (χ1n) is 7.27. The molecule has 0 amide bonds. The first-order chi connectivity index (χ1) is 10.2. The largest absolute Gasteiger partial charge is 0.496 e. The summed E-state index contributed by atoms with van der Waals surface area (Å²) in [6, 6.07) is 14.5. The Bertz CT molecular complexity index is 598. The molecule has 0 aliphatic carbocycles. The lowest BCUT2D eigenvalue weighted by Gasteiger charge is -2.20. The minimum atomic E-state index is 0.274. The molecule has 2 nitrogen and oxygen atoms in total. The maximum absolute atomic E-state index is 6.01. The Morgan fingerprint density at radius 3 is 2.62 bits per heavy atom. The third kappa shape index (κ3) is 3.99. The molecule has 0 spiro atoms. The molecule has 1 atom stereocenters. The number of halogens is 1. The van der Waals surface area contributed by atoms with E-state index in [2.05, 4.69) is 37.4 Å². The molecular weight excluding hydrogens is 282 g/mol. The fraction of sp³-hybridized carbons (Fsp3) is 0.333. The standard InChI is InChI=1S/C18H22ClNO/c1-4-17(16-7-5-6-8-18(16)21-3)20-12-14-9-10-15(19)11-13(14)2/h5-11,17,20H,4,12H2,1-3H3. The summed E-state index contributed by atoms with van der Waals surface area (Å²) in [6.07, 6.45) is 1.01. The number of nitrogens with one attached hydrogen (secondary N) is 1. The molecular formula is C18H22ClNO. The van der Waals surface area contributed by atoms with Crippen LogP contribution in [0.1, 0.15) is 36.1 Å². The smallest absolute Gasteiger partial charge is 0.123 e. The molecule has 0 heterocycles. The van der Waals surface area contributed by atoms with Gasteiger partial charge in [0.05, 0.1) is 7.11 Å². The van der Waals surface area contributed by atoms with Crippen LogP contribution in [0.15, 0.2) is 42.5 Å². The predicted molar refractivity (Wildman–Crippen MR) is 89.1 cm³/mol. The first kappa shape index (κ1) is 15.9. The molecule has 3 heteroatoms. The van der Waals surface area contributed by atoms with Gasteiger partial charge in [0.25, 0.3) is 0 Å². The lowest BCUT2D eigenvalue weighted by Crippen LogP contribution is -2.21. The van der Waals surface area contributed by atoms with Gasteiger partial charge in [-0.05, 0) is 42.7 Å². The van der Waals surface area contributed by atoms with Gasteiger partial charge in [-0.25, -0.2) is 0 Å². The molecule has 112 valence electrons. The van der Waals surface area contributed by atoms with Crippen LogP contribution in [0.2, 0.25) is 5.02 Å². The van der Waals surface area contributed by atoms with Crippen LogP contribution in [-0.2, 0) is 6.54 Å². The number of ether oxygens (including phenoxy) is 1. The van der Waals surface area contributed by atoms with Crippen LogP contribution in [-0.4, -0.2) is 7.11 Å². The Balaban J connectivity index is 2.12. The van der Waals surface area contributed by atoms with Crippen molar-refractivity contribution in [1.29, 1.82) is 0 Å². The minimum Gasteiger partial charge on any atom is -0.496 e. The van der Waals surface area contributed by atoms with E-state index in [4.69, 9.17) is 16.3 Å². The quantitative estimate of drug-likeness (QED) is 0.819. The van der Waals surface area contributed by atoms with Crippen molar-refractivity contribution in [1.82, 2.24) is 5.32 Å². The molecule has 2 aromatic rings. The Morgan fingerprint density at radius 2 is 1.95 bits per heavy atom. The third-order valence-corrected chi connectivity index (χ3v) is 4.00. The average molecular weight is 304 g/mol. The fourth-order valence-electron chi connectivity index (χ4n) is 2.52. The fourth-order valence-corrected chi connectivity index (χ4v) is 2.75. The molecule has 1 unspecified atom stereocenters. The van der Waals surface area contributed by atoms with Crippen LogP contribution in [0.4, 0.5) is 0 Å². The van der Waals surface area contributed by atoms with Gasteiger partial charge >= 0.3 is 0 Å². The second-order valence-electron chi connectivity index (χ2n) is 5.15. The number of hydrogen-bond acceptors (Lipinski definition) is 2. The summed E-state index contributed by atoms with van der Waals surface area (Å²) in [7, 11) is 1.72. The highest BCUT2D eigenvalue weighted by atomic mass is 35.5. The summed E-state index contributed by atoms with van der Waals surface area (Å²) in [5.74, 6) is 0.935. The highest BCUT2D eigenvalue weighted by molar-refractivity contribution is 6.30. The normalized spacial score (nSPS) is 12.2. The predicted octanol–water partition coefficient (Wildman–Crippen LogP) is 4.90. The van der Waals surface area contributed by atoms with Crippen molar-refractivity contribution < 1.29 is 4.74 Å². The van der Waals surface area contributed by atoms with E-state index in [-0.39, 0.29) is 6.04 Å². The van der Waals surface area contributed by atoms with Crippen LogP contribution in [0.25, 0.3) is 0 Å². The zero-order chi connectivity index (χ0) is 15.2. The highest BCUT2D eigenvalue weighted by Crippen LogP contribution is 2.27. The molecule has 21 heavy (non-hydrogen) atoms. The van der Waals surface area contributed by atoms with E-state index in [9.17, 15) is 0 Å². The maximum atomic E-state index is 6.01. The Kier molecular flexibility index (Phi) is 5.66. The van der Waals surface area contributed by atoms with Gasteiger partial charge in [-0.2, -0.15) is 0 Å². The van der Waals surface area contributed by atoms with E-state index >= 15 is 0 Å². The number of methoxy groups -OCH3 is 1. The van der Waals surface area contributed by atoms with Gasteiger partial charge < -0.3 is 10.1 Å². The van der Waals surface area contributed by atoms with Crippen LogP contribution in [0.3, 0.4) is 0 Å². The van der Waals surface area contributed by atoms with Crippen molar-refractivity contribution in [2.45, 2.75) is 32.9 Å². The van der Waals surface area contributed by atoms with Crippen LogP contribution >= 0.6 is 11.6 Å². The lowest BCUT2D eigenvalue weighted by molar-refractivity contribution is 0.396. The maximum Gasteiger partial charge on any atom is 0.123 e. The highest BCUT2D eigenvalue weighted by Gasteiger charge is 2.13. The van der Waals surface area contributed by atoms with E-state index in [1.807, 2.05) is 24.3 Å². The van der Waals surface area contributed by atoms with Crippen molar-refractivity contribution in [2.75, 3.05) is 7.11 Å². The molecule has 0 saturated carbocycles. The van der Waals surface area contributed by atoms with Crippen molar-refractivity contribution in [3.05, 3.63) is 64.2 Å². The van der Waals surface area contributed by atoms with Crippen LogP contribution in [0, 0.1) is 6.92 Å². The molecule has 2 aromatic carbocycles. The number of para-hydroxylation sites is 1. The van der Waals surface area contributed by atoms with E-state index in [1.165, 1.54) is 16.7 Å². The number of rotatable bonds is 6. The van der Waals surface area contributed by atoms with Gasteiger partial charge in [0.15, 0.2) is 0 Å². The van der Waals surface area contributed by atoms with E-state index < -0.39 is 0 Å². The molecule has 0 saturated heterocycles. The molecule has 0 aliphatic rings. The van der Waals surface area contributed by atoms with E-state index in [1.54, 1.807) is 7.11 Å². The summed E-state index contributed by atoms with van der Waals surface area (Å²) in [5.41, 5.74) is 3.69. The third-order valence-electron chi connectivity index (χ3n) is 3.77. The summed E-state index contributed by atoms with van der Waals surface area (Å²) in [6.45, 7) is 5.09. The zero-order valence-electron chi connectivity index (χ0n) is 12.8. The summed E-state index contributed by atoms with van der Waals surface area (Å²) >= 11 is 6.01. The van der Waals surface area contributed by atoms with Gasteiger partial charge in [0.2, 0.25) is 0 Å². The molecule has 0 aliphatic heterocycles. The van der Waals surface area contributed by atoms with Gasteiger partial charge in [-0.15, -0.1) is 0 Å². The Labute approximate surface area is 132 Å². The Morgan fingerprint density at radius 1 is 1.19 bits per heavy atom. The lowest BCUT2D eigenvalue weighted by atomic mass is 10.0. The number of aryl methyl sites for hydroxylation is 1. The molecule has 1 N–H and O–H groups in total. The average Bonchev–Trinajstić information content (AvgIpc) is 2.50. The summed E-state index contributed by atoms with van der Waals surface area (Å²) in [5, 5.41) is 4.40. The van der Waals surface area contributed by atoms with Crippen molar-refractivity contribution in [3.8, 4) is 5.75 Å². The first-order valence-corrected chi connectivity index (χ1v) is 7.64. The summed E-state index contributed by atoms with van der Waals surface area (Å²) < 4.78 is 5.46. The molecule has 2 rings (SSSR count). The van der Waals surface area contributed by atoms with E-state index in [0.29, 0.717) is 0 Å². The van der Waals surface area contributed by atoms with Crippen LogP contribution < -0.4 is 10.1 Å². The van der Waals surface area contributed by atoms with E-state index in [0.717, 1.165) is 23.7 Å². The molecule has 0 fully saturated rings. The number of hydrogen-bond donors (Lipinski definition) is 1. The van der Waals surface area contributed by atoms with Crippen molar-refractivity contribution >= 4 is 11.6 Å². The number of benzene rings is 2. The van der Waals surface area contributed by atoms with Gasteiger partial charge in [-0.3, -0.25) is 0 Å². The van der Waals surface area contributed by atoms with Crippen molar-refractivity contribution in [3.63, 3.8) is 0 Å². The monoisotopic (exact) mass is 303 g/mol. The molecule has 0 bridgehead atoms. The second kappa shape index (κ2) is 7.48. The molecule has 0 radical (unpaired) electrons. The van der Waals surface area contributed by atoms with Crippen LogP contribution in [0.5, 0.6) is 5.75 Å². The SMILES string of the molecule is CCC(NCc1ccc(Cl)cc1C)c1ccccc1OC. The van der Waals surface area contributed by atoms with Gasteiger partial charge in [0.1, 0.15) is 5.75 Å². The second-order valence-corrected chi connectivity index (χ2v) is 5.59. The molecule has 0 aromatic heterocycles. The van der Waals surface area contributed by atoms with Gasteiger partial charge in [-0.1, -0.05) is 42.8 Å². The topological polar surface area (TPSA) is 21.3 Å². The summed E-state index contributed by atoms with van der Waals surface area (Å²) in [4.78, 5) is 0. The van der Waals surface area contributed by atoms with Crippen molar-refractivity contribution in [2.24, 2.45) is 0 Å².